The number of phosphoric ester groups is 1. The van der Waals surface area contributed by atoms with Crippen molar-refractivity contribution in [2.24, 2.45) is 0 Å². The predicted octanol–water partition coefficient (Wildman–Crippen LogP) is -1.11. The van der Waals surface area contributed by atoms with Crippen molar-refractivity contribution in [3.63, 3.8) is 0 Å². The first-order chi connectivity index (χ1) is 6.66. The zero-order valence-electron chi connectivity index (χ0n) is 7.73. The molecule has 2 N–H and O–H groups in total. The van der Waals surface area contributed by atoms with Crippen LogP contribution in [0.5, 0.6) is 0 Å². The van der Waals surface area contributed by atoms with Crippen LogP contribution in [-0.2, 0) is 18.0 Å². The number of aliphatic hydroxyl groups is 1. The fraction of sp³-hybridized carbons (Fsp3) is 0.600. The highest BCUT2D eigenvalue weighted by Gasteiger charge is 2.15. The largest absolute Gasteiger partial charge is 0.756 e. The first-order valence-corrected chi connectivity index (χ1v) is 6.59. The fourth-order valence-corrected chi connectivity index (χ4v) is 1.94. The van der Waals surface area contributed by atoms with Gasteiger partial charge in [0.05, 0.1) is 13.2 Å². The van der Waals surface area contributed by atoms with E-state index in [-0.39, 0.29) is 6.61 Å². The molecule has 0 aromatic heterocycles. The van der Waals surface area contributed by atoms with Crippen LogP contribution in [0.3, 0.4) is 0 Å². The molecule has 90 valence electrons. The summed E-state index contributed by atoms with van der Waals surface area (Å²) in [7, 11) is -10.5. The van der Waals surface area contributed by atoms with E-state index in [4.69, 9.17) is 10.00 Å². The second-order valence-corrected chi connectivity index (χ2v) is 5.24. The molecule has 0 radical (unpaired) electrons. The van der Waals surface area contributed by atoms with Crippen LogP contribution in [0, 0.1) is 0 Å². The molecule has 2 unspecified atom stereocenters. The molecule has 0 saturated carbocycles. The average molecular weight is 260 g/mol. The highest BCUT2D eigenvalue weighted by Crippen LogP contribution is 2.52. The number of rotatable bonds is 6. The Kier molecular flexibility index (Phi) is 5.87. The third-order valence-corrected chi connectivity index (χ3v) is 3.21. The molecule has 0 spiro atoms. The normalized spacial score (nSPS) is 20.7. The van der Waals surface area contributed by atoms with Crippen molar-refractivity contribution in [2.45, 2.75) is 6.92 Å². The Morgan fingerprint density at radius 3 is 2.40 bits per heavy atom. The van der Waals surface area contributed by atoms with Crippen molar-refractivity contribution in [2.75, 3.05) is 13.2 Å². The second-order valence-electron chi connectivity index (χ2n) is 2.50. The summed E-state index contributed by atoms with van der Waals surface area (Å²) >= 11 is 0. The van der Waals surface area contributed by atoms with Crippen LogP contribution in [0.15, 0.2) is 11.6 Å². The van der Waals surface area contributed by atoms with Gasteiger partial charge in [-0.2, -0.15) is 0 Å². The van der Waals surface area contributed by atoms with Crippen molar-refractivity contribution < 1.29 is 37.8 Å². The lowest BCUT2D eigenvalue weighted by Gasteiger charge is -2.26. The number of hydrogen-bond donors (Lipinski definition) is 2. The van der Waals surface area contributed by atoms with Gasteiger partial charge in [0.25, 0.3) is 15.6 Å². The molecule has 0 amide bonds. The highest BCUT2D eigenvalue weighted by molar-refractivity contribution is 7.59. The van der Waals surface area contributed by atoms with Crippen molar-refractivity contribution in [3.05, 3.63) is 11.6 Å². The molecule has 0 saturated heterocycles. The van der Waals surface area contributed by atoms with E-state index in [2.05, 4.69) is 8.83 Å². The molecule has 0 heterocycles. The Morgan fingerprint density at radius 2 is 2.00 bits per heavy atom. The smallest absolute Gasteiger partial charge is 0.274 e. The van der Waals surface area contributed by atoms with Crippen molar-refractivity contribution in [3.8, 4) is 0 Å². The van der Waals surface area contributed by atoms with E-state index < -0.39 is 22.3 Å². The molecule has 0 aliphatic rings. The van der Waals surface area contributed by atoms with Gasteiger partial charge in [-0.15, -0.1) is 0 Å². The lowest BCUT2D eigenvalue weighted by molar-refractivity contribution is -0.240. The van der Waals surface area contributed by atoms with E-state index in [1.165, 1.54) is 13.0 Å². The molecule has 15 heavy (non-hydrogen) atoms. The summed E-state index contributed by atoms with van der Waals surface area (Å²) in [5, 5.41) is 8.51. The van der Waals surface area contributed by atoms with Gasteiger partial charge in [-0.1, -0.05) is 6.08 Å². The molecule has 0 aromatic carbocycles. The Morgan fingerprint density at radius 1 is 1.47 bits per heavy atom. The predicted molar refractivity (Wildman–Crippen MR) is 45.3 cm³/mol. The minimum absolute atomic E-state index is 0.284. The lowest BCUT2D eigenvalue weighted by atomic mass is 10.3. The molecule has 0 aliphatic heterocycles. The van der Waals surface area contributed by atoms with Crippen LogP contribution in [-0.4, -0.2) is 23.2 Å². The van der Waals surface area contributed by atoms with E-state index in [9.17, 15) is 18.9 Å². The Hall–Kier alpha value is -0.0400. The molecule has 8 nitrogen and oxygen atoms in total. The molecule has 0 aromatic rings. The van der Waals surface area contributed by atoms with Crippen LogP contribution in [0.1, 0.15) is 6.92 Å². The molecule has 2 atom stereocenters. The van der Waals surface area contributed by atoms with Crippen LogP contribution < -0.4 is 9.79 Å². The maximum Gasteiger partial charge on any atom is 0.274 e. The van der Waals surface area contributed by atoms with Crippen LogP contribution in [0.2, 0.25) is 0 Å². The SMILES string of the molecule is C/C(=C\COP(=O)([O-])OP(=O)([O-])O)CO. The van der Waals surface area contributed by atoms with Crippen LogP contribution in [0.25, 0.3) is 0 Å². The first kappa shape index (κ1) is 15.0. The summed E-state index contributed by atoms with van der Waals surface area (Å²) in [5.41, 5.74) is 0.435. The zero-order valence-corrected chi connectivity index (χ0v) is 9.52. The van der Waals surface area contributed by atoms with Gasteiger partial charge in [0.15, 0.2) is 0 Å². The van der Waals surface area contributed by atoms with Gasteiger partial charge in [0, 0.05) is 0 Å². The molecule has 0 aliphatic carbocycles. The Labute approximate surface area is 86.0 Å². The van der Waals surface area contributed by atoms with Crippen molar-refractivity contribution >= 4 is 15.6 Å². The van der Waals surface area contributed by atoms with E-state index in [0.29, 0.717) is 5.57 Å². The summed E-state index contributed by atoms with van der Waals surface area (Å²) < 4.78 is 28.0. The summed E-state index contributed by atoms with van der Waals surface area (Å²) in [5.74, 6) is 0. The summed E-state index contributed by atoms with van der Waals surface area (Å²) in [6.07, 6.45) is 1.21. The number of aliphatic hydroxyl groups excluding tert-OH is 1. The van der Waals surface area contributed by atoms with Crippen molar-refractivity contribution in [1.82, 2.24) is 0 Å². The molecule has 0 rings (SSSR count). The minimum Gasteiger partial charge on any atom is -0.756 e. The van der Waals surface area contributed by atoms with E-state index in [1.807, 2.05) is 0 Å². The standard InChI is InChI=1S/C5H12O8P2/c1-5(4-6)2-3-12-15(10,11)13-14(7,8)9/h2,6H,3-4H2,1H3,(H,10,11)(H2,7,8,9)/p-2/b5-2+. The monoisotopic (exact) mass is 260 g/mol. The quantitative estimate of drug-likeness (QED) is 0.452. The second kappa shape index (κ2) is 5.89. The average Bonchev–Trinajstić information content (AvgIpc) is 1.98. The minimum atomic E-state index is -5.38. The summed E-state index contributed by atoms with van der Waals surface area (Å²) in [4.78, 5) is 28.8. The van der Waals surface area contributed by atoms with Gasteiger partial charge in [-0.05, 0) is 12.5 Å². The third-order valence-electron chi connectivity index (χ3n) is 1.12. The van der Waals surface area contributed by atoms with Gasteiger partial charge >= 0.3 is 0 Å². The van der Waals surface area contributed by atoms with Gasteiger partial charge < -0.3 is 24.3 Å². The molecular formula is C5H10O8P2-2. The molecule has 10 heteroatoms. The molecular weight excluding hydrogens is 250 g/mol. The third kappa shape index (κ3) is 8.92. The first-order valence-electron chi connectivity index (χ1n) is 3.63. The molecule has 0 fully saturated rings. The Bertz CT molecular complexity index is 317. The summed E-state index contributed by atoms with van der Waals surface area (Å²) in [6.45, 7) is 0.727. The lowest BCUT2D eigenvalue weighted by Crippen LogP contribution is -2.11. The highest BCUT2D eigenvalue weighted by atomic mass is 31.3. The number of phosphoric acid groups is 2. The summed E-state index contributed by atoms with van der Waals surface area (Å²) in [6, 6.07) is 0. The maximum absolute atomic E-state index is 10.7. The van der Waals surface area contributed by atoms with E-state index >= 15 is 0 Å². The van der Waals surface area contributed by atoms with Gasteiger partial charge in [-0.25, -0.2) is 4.31 Å². The molecule has 0 bridgehead atoms. The van der Waals surface area contributed by atoms with Crippen LogP contribution in [0.4, 0.5) is 0 Å². The van der Waals surface area contributed by atoms with E-state index in [0.717, 1.165) is 0 Å². The van der Waals surface area contributed by atoms with Gasteiger partial charge in [0.2, 0.25) is 0 Å². The fourth-order valence-electron chi connectivity index (χ4n) is 0.485. The number of hydrogen-bond acceptors (Lipinski definition) is 7. The van der Waals surface area contributed by atoms with Gasteiger partial charge in [-0.3, -0.25) is 9.13 Å². The van der Waals surface area contributed by atoms with Crippen LogP contribution >= 0.6 is 15.6 Å². The van der Waals surface area contributed by atoms with Gasteiger partial charge in [0.1, 0.15) is 0 Å². The van der Waals surface area contributed by atoms with E-state index in [1.54, 1.807) is 0 Å². The maximum atomic E-state index is 10.7. The Balaban J connectivity index is 4.18. The topological polar surface area (TPSA) is 139 Å². The van der Waals surface area contributed by atoms with Crippen molar-refractivity contribution in [1.29, 1.82) is 0 Å². The zero-order chi connectivity index (χ0) is 12.1.